The Morgan fingerprint density at radius 2 is 2.58 bits per heavy atom. The molecule has 1 rings (SSSR count). The van der Waals surface area contributed by atoms with E-state index in [9.17, 15) is 4.79 Å². The van der Waals surface area contributed by atoms with E-state index in [0.29, 0.717) is 29.5 Å². The predicted octanol–water partition coefficient (Wildman–Crippen LogP) is 1.50. The van der Waals surface area contributed by atoms with Crippen molar-refractivity contribution >= 4 is 41.3 Å². The summed E-state index contributed by atoms with van der Waals surface area (Å²) in [6.07, 6.45) is 3.67. The third kappa shape index (κ3) is 3.55. The van der Waals surface area contributed by atoms with Crippen molar-refractivity contribution in [1.29, 1.82) is 0 Å². The van der Waals surface area contributed by atoms with Gasteiger partial charge in [-0.15, -0.1) is 0 Å². The number of ketones is 1. The number of allylic oxidation sites excluding steroid dienone is 1. The summed E-state index contributed by atoms with van der Waals surface area (Å²) in [6.45, 7) is 0. The number of hydrogen-bond donors (Lipinski definition) is 0. The average molecular weight is 292 g/mol. The number of hydrogen-bond acceptors (Lipinski definition) is 1. The van der Waals surface area contributed by atoms with Gasteiger partial charge in [0.15, 0.2) is 0 Å². The Hall–Kier alpha value is -0.0710. The normalized spacial score (nSPS) is 10.8. The van der Waals surface area contributed by atoms with Crippen LogP contribution in [0.2, 0.25) is 11.1 Å². The van der Waals surface area contributed by atoms with Crippen LogP contribution in [0.5, 0.6) is 0 Å². The van der Waals surface area contributed by atoms with E-state index in [0.717, 1.165) is 5.32 Å². The van der Waals surface area contributed by atoms with E-state index in [1.807, 2.05) is 12.1 Å². The van der Waals surface area contributed by atoms with Gasteiger partial charge in [-0.2, -0.15) is 0 Å². The predicted molar refractivity (Wildman–Crippen MR) is 53.8 cm³/mol. The Morgan fingerprint density at radius 3 is 3.17 bits per heavy atom. The number of carbonyl (C=O) groups is 1. The fraction of sp³-hybridized carbons (Fsp3) is 0.222. The molecule has 12 heavy (non-hydrogen) atoms. The van der Waals surface area contributed by atoms with Crippen LogP contribution < -0.4 is 0 Å². The molecule has 1 nitrogen and oxygen atoms in total. The summed E-state index contributed by atoms with van der Waals surface area (Å²) in [4.78, 5) is 13.2. The average Bonchev–Trinajstić information content (AvgIpc) is 2.53. The minimum absolute atomic E-state index is 0.265. The van der Waals surface area contributed by atoms with Crippen molar-refractivity contribution in [3.63, 3.8) is 0 Å². The topological polar surface area (TPSA) is 17.1 Å². The summed E-state index contributed by atoms with van der Waals surface area (Å²) in [5.41, 5.74) is 0. The Balaban J connectivity index is 2.45. The molecule has 0 spiro atoms. The molecule has 0 saturated carbocycles. The molecule has 3 heteroatoms. The van der Waals surface area contributed by atoms with Crippen molar-refractivity contribution in [2.75, 3.05) is 0 Å². The number of rotatable bonds is 4. The summed E-state index contributed by atoms with van der Waals surface area (Å²) in [5.74, 6) is 2.35. The Morgan fingerprint density at radius 1 is 1.75 bits per heavy atom. The van der Waals surface area contributed by atoms with E-state index in [1.165, 1.54) is 4.44 Å². The van der Waals surface area contributed by atoms with Crippen LogP contribution in [0.25, 0.3) is 6.08 Å². The summed E-state index contributed by atoms with van der Waals surface area (Å²) in [5, 5.41) is 0.733. The van der Waals surface area contributed by atoms with Gasteiger partial charge in [0.25, 0.3) is 0 Å². The van der Waals surface area contributed by atoms with Gasteiger partial charge >= 0.3 is 84.8 Å². The SMILES string of the molecule is C[Se]CC(=O)/C=C/c1ccc[se]1. The fourth-order valence-corrected chi connectivity index (χ4v) is 2.85. The Labute approximate surface area is 84.8 Å². The van der Waals surface area contributed by atoms with Gasteiger partial charge in [0.1, 0.15) is 0 Å². The van der Waals surface area contributed by atoms with Crippen LogP contribution >= 0.6 is 0 Å². The van der Waals surface area contributed by atoms with Gasteiger partial charge in [0, 0.05) is 0 Å². The first-order chi connectivity index (χ1) is 5.83. The first kappa shape index (κ1) is 10.0. The molecule has 0 saturated heterocycles. The summed E-state index contributed by atoms with van der Waals surface area (Å²) >= 11 is 0.934. The van der Waals surface area contributed by atoms with Crippen molar-refractivity contribution in [3.8, 4) is 0 Å². The number of carbonyl (C=O) groups excluding carboxylic acids is 1. The Kier molecular flexibility index (Phi) is 4.63. The second-order valence-electron chi connectivity index (χ2n) is 2.25. The van der Waals surface area contributed by atoms with Crippen molar-refractivity contribution in [2.45, 2.75) is 11.1 Å². The van der Waals surface area contributed by atoms with Crippen LogP contribution in [0.1, 0.15) is 4.44 Å². The minimum atomic E-state index is 0.265. The van der Waals surface area contributed by atoms with Crippen molar-refractivity contribution < 1.29 is 4.79 Å². The van der Waals surface area contributed by atoms with Gasteiger partial charge in [-0.3, -0.25) is 0 Å². The maximum atomic E-state index is 11.1. The summed E-state index contributed by atoms with van der Waals surface area (Å²) < 4.78 is 1.29. The van der Waals surface area contributed by atoms with Crippen LogP contribution in [-0.2, 0) is 4.79 Å². The van der Waals surface area contributed by atoms with E-state index >= 15 is 0 Å². The fourth-order valence-electron chi connectivity index (χ4n) is 0.752. The third-order valence-corrected chi connectivity index (χ3v) is 4.22. The van der Waals surface area contributed by atoms with Crippen LogP contribution in [0, 0.1) is 0 Å². The summed E-state index contributed by atoms with van der Waals surface area (Å²) in [6, 6.07) is 4.12. The Bertz CT molecular complexity index is 262. The molecule has 0 aliphatic heterocycles. The van der Waals surface area contributed by atoms with Crippen LogP contribution in [0.4, 0.5) is 0 Å². The van der Waals surface area contributed by atoms with Crippen LogP contribution in [-0.4, -0.2) is 35.2 Å². The van der Waals surface area contributed by atoms with Crippen molar-refractivity contribution in [2.24, 2.45) is 0 Å². The zero-order valence-corrected chi connectivity index (χ0v) is 10.2. The molecule has 0 radical (unpaired) electrons. The molecule has 0 bridgehead atoms. The standard InChI is InChI=1S/C9H10OSe2/c1-11-7-8(10)4-5-9-3-2-6-12-9/h2-6H,7H2,1H3/b5-4+. The third-order valence-electron chi connectivity index (χ3n) is 1.26. The van der Waals surface area contributed by atoms with Crippen molar-refractivity contribution in [1.82, 2.24) is 0 Å². The van der Waals surface area contributed by atoms with E-state index in [4.69, 9.17) is 0 Å². The molecular weight excluding hydrogens is 282 g/mol. The van der Waals surface area contributed by atoms with Gasteiger partial charge in [-0.05, 0) is 0 Å². The molecule has 0 N–H and O–H groups in total. The van der Waals surface area contributed by atoms with E-state index in [2.05, 4.69) is 16.8 Å². The van der Waals surface area contributed by atoms with Crippen molar-refractivity contribution in [3.05, 3.63) is 27.6 Å². The second-order valence-corrected chi connectivity index (χ2v) is 6.12. The molecule has 1 heterocycles. The first-order valence-corrected chi connectivity index (χ1v) is 8.33. The quantitative estimate of drug-likeness (QED) is 0.607. The molecule has 64 valence electrons. The van der Waals surface area contributed by atoms with E-state index in [1.54, 1.807) is 6.08 Å². The van der Waals surface area contributed by atoms with Gasteiger partial charge in [-0.25, -0.2) is 0 Å². The van der Waals surface area contributed by atoms with Crippen LogP contribution in [0.3, 0.4) is 0 Å². The molecule has 0 aliphatic carbocycles. The van der Waals surface area contributed by atoms with Gasteiger partial charge < -0.3 is 0 Å². The van der Waals surface area contributed by atoms with Gasteiger partial charge in [-0.1, -0.05) is 0 Å². The van der Waals surface area contributed by atoms with E-state index < -0.39 is 0 Å². The van der Waals surface area contributed by atoms with E-state index in [-0.39, 0.29) is 5.78 Å². The van der Waals surface area contributed by atoms with Gasteiger partial charge in [0.05, 0.1) is 0 Å². The maximum absolute atomic E-state index is 11.1. The van der Waals surface area contributed by atoms with Crippen LogP contribution in [0.15, 0.2) is 23.1 Å². The zero-order chi connectivity index (χ0) is 8.81. The zero-order valence-electron chi connectivity index (χ0n) is 6.82. The molecule has 0 unspecified atom stereocenters. The molecule has 0 aliphatic rings. The molecule has 1 aromatic heterocycles. The summed E-state index contributed by atoms with van der Waals surface area (Å²) in [7, 11) is 0. The molecular formula is C9H10OSe2. The molecule has 0 atom stereocenters. The first-order valence-electron chi connectivity index (χ1n) is 3.56. The van der Waals surface area contributed by atoms with Gasteiger partial charge in [0.2, 0.25) is 0 Å². The monoisotopic (exact) mass is 294 g/mol. The molecule has 0 fully saturated rings. The molecule has 0 amide bonds. The molecule has 0 aromatic carbocycles. The second kappa shape index (κ2) is 5.55. The molecule has 1 aromatic rings.